The lowest BCUT2D eigenvalue weighted by atomic mass is 10.1. The first-order valence-corrected chi connectivity index (χ1v) is 11.5. The molecule has 0 radical (unpaired) electrons. The zero-order chi connectivity index (χ0) is 27.3. The first-order chi connectivity index (χ1) is 17.5. The predicted molar refractivity (Wildman–Crippen MR) is 132 cm³/mol. The van der Waals surface area contributed by atoms with Gasteiger partial charge in [-0.3, -0.25) is 19.6 Å². The van der Waals surface area contributed by atoms with Crippen LogP contribution in [0, 0.1) is 13.8 Å². The van der Waals surface area contributed by atoms with Gasteiger partial charge >= 0.3 is 0 Å². The van der Waals surface area contributed by atoms with Crippen LogP contribution in [0.3, 0.4) is 0 Å². The highest BCUT2D eigenvalue weighted by Crippen LogP contribution is 2.18. The van der Waals surface area contributed by atoms with Crippen LogP contribution in [0.25, 0.3) is 11.0 Å². The van der Waals surface area contributed by atoms with Crippen molar-refractivity contribution >= 4 is 22.8 Å². The molecular formula is C25H30N4O8. The van der Waals surface area contributed by atoms with Crippen LogP contribution in [0.5, 0.6) is 0 Å². The Bertz CT molecular complexity index is 1340. The van der Waals surface area contributed by atoms with Crippen LogP contribution in [0.2, 0.25) is 0 Å². The van der Waals surface area contributed by atoms with Crippen molar-refractivity contribution in [1.29, 1.82) is 0 Å². The van der Waals surface area contributed by atoms with Gasteiger partial charge in [0.05, 0.1) is 30.6 Å². The first kappa shape index (κ1) is 27.9. The number of hydroxylamine groups is 1. The van der Waals surface area contributed by atoms with Gasteiger partial charge in [-0.15, -0.1) is 0 Å². The molecule has 3 aromatic rings. The predicted octanol–water partition coefficient (Wildman–Crippen LogP) is -0.934. The molecule has 2 aromatic carbocycles. The van der Waals surface area contributed by atoms with Crippen LogP contribution in [0.1, 0.15) is 32.7 Å². The molecule has 198 valence electrons. The van der Waals surface area contributed by atoms with Crippen molar-refractivity contribution in [3.05, 3.63) is 74.7 Å². The fraction of sp³-hybridized carbons (Fsp3) is 0.360. The topological polar surface area (TPSA) is 194 Å². The van der Waals surface area contributed by atoms with Crippen LogP contribution in [-0.4, -0.2) is 71.9 Å². The monoisotopic (exact) mass is 514 g/mol. The van der Waals surface area contributed by atoms with Crippen molar-refractivity contribution in [2.45, 2.75) is 51.7 Å². The number of aromatic nitrogens is 2. The SMILES string of the molecule is Cc1cc2nc(C(=O)NCc3ccc(CC(=O)NO)cc3)c(=O)n(C[C@H](O)[C@H](O)[C@H](O)CO)c2cc1C. The van der Waals surface area contributed by atoms with Gasteiger partial charge in [0.2, 0.25) is 5.91 Å². The van der Waals surface area contributed by atoms with E-state index in [1.54, 1.807) is 41.9 Å². The molecule has 12 nitrogen and oxygen atoms in total. The van der Waals surface area contributed by atoms with E-state index in [-0.39, 0.29) is 13.0 Å². The molecule has 0 spiro atoms. The third-order valence-electron chi connectivity index (χ3n) is 6.09. The van der Waals surface area contributed by atoms with Crippen LogP contribution in [0.4, 0.5) is 0 Å². The maximum atomic E-state index is 13.3. The van der Waals surface area contributed by atoms with E-state index >= 15 is 0 Å². The first-order valence-electron chi connectivity index (χ1n) is 11.5. The minimum absolute atomic E-state index is 0.0154. The molecule has 0 saturated carbocycles. The molecule has 12 heteroatoms. The normalized spacial score (nSPS) is 13.7. The molecule has 0 aliphatic rings. The lowest BCUT2D eigenvalue weighted by molar-refractivity contribution is -0.128. The van der Waals surface area contributed by atoms with Gasteiger partial charge in [0.1, 0.15) is 18.3 Å². The van der Waals surface area contributed by atoms with Gasteiger partial charge in [-0.1, -0.05) is 24.3 Å². The number of aryl methyl sites for hydroxylation is 2. The van der Waals surface area contributed by atoms with E-state index in [1.807, 2.05) is 13.8 Å². The van der Waals surface area contributed by atoms with E-state index < -0.39 is 54.5 Å². The van der Waals surface area contributed by atoms with Gasteiger partial charge in [0, 0.05) is 6.54 Å². The van der Waals surface area contributed by atoms with Crippen LogP contribution in [0.15, 0.2) is 41.2 Å². The van der Waals surface area contributed by atoms with E-state index in [0.29, 0.717) is 22.2 Å². The average Bonchev–Trinajstić information content (AvgIpc) is 2.89. The standard InChI is InChI=1S/C25H30N4O8/c1-13-7-17-18(8-14(13)2)29(11-19(31)23(34)20(32)12-30)25(36)22(27-17)24(35)26-10-16-5-3-15(4-6-16)9-21(33)28-37/h3-8,19-20,23,30-32,34,37H,9-12H2,1-2H3,(H,26,35)(H,28,33)/t19-,20+,23-/m0/s1. The summed E-state index contributed by atoms with van der Waals surface area (Å²) in [5.74, 6) is -1.32. The van der Waals surface area contributed by atoms with E-state index in [1.165, 1.54) is 0 Å². The van der Waals surface area contributed by atoms with Crippen LogP contribution >= 0.6 is 0 Å². The number of hydrogen-bond acceptors (Lipinski definition) is 9. The lowest BCUT2D eigenvalue weighted by Crippen LogP contribution is -2.44. The molecule has 0 unspecified atom stereocenters. The minimum atomic E-state index is -1.73. The number of fused-ring (bicyclic) bond motifs is 1. The number of carbonyl (C=O) groups is 2. The van der Waals surface area contributed by atoms with E-state index in [9.17, 15) is 29.7 Å². The summed E-state index contributed by atoms with van der Waals surface area (Å²) < 4.78 is 1.11. The molecule has 37 heavy (non-hydrogen) atoms. The van der Waals surface area contributed by atoms with Crippen molar-refractivity contribution in [2.75, 3.05) is 6.61 Å². The third kappa shape index (κ3) is 6.56. The van der Waals surface area contributed by atoms with Gasteiger partial charge in [-0.2, -0.15) is 0 Å². The second-order valence-electron chi connectivity index (χ2n) is 8.82. The summed E-state index contributed by atoms with van der Waals surface area (Å²) in [6, 6.07) is 10.1. The summed E-state index contributed by atoms with van der Waals surface area (Å²) in [5, 5.41) is 50.5. The Balaban J connectivity index is 1.90. The molecule has 0 bridgehead atoms. The number of amides is 2. The molecule has 3 atom stereocenters. The molecule has 0 saturated heterocycles. The van der Waals surface area contributed by atoms with Crippen LogP contribution < -0.4 is 16.4 Å². The van der Waals surface area contributed by atoms with Gasteiger partial charge in [0.15, 0.2) is 5.69 Å². The zero-order valence-corrected chi connectivity index (χ0v) is 20.4. The number of aliphatic hydroxyl groups is 4. The maximum Gasteiger partial charge on any atom is 0.282 e. The second kappa shape index (κ2) is 12.0. The molecule has 7 N–H and O–H groups in total. The molecule has 1 aromatic heterocycles. The van der Waals surface area contributed by atoms with Gasteiger partial charge < -0.3 is 30.3 Å². The number of rotatable bonds is 10. The largest absolute Gasteiger partial charge is 0.394 e. The maximum absolute atomic E-state index is 13.3. The van der Waals surface area contributed by atoms with Crippen molar-refractivity contribution in [1.82, 2.24) is 20.3 Å². The highest BCUT2D eigenvalue weighted by molar-refractivity contribution is 5.94. The average molecular weight is 515 g/mol. The fourth-order valence-corrected chi connectivity index (χ4v) is 3.75. The molecule has 0 fully saturated rings. The summed E-state index contributed by atoms with van der Waals surface area (Å²) in [7, 11) is 0. The summed E-state index contributed by atoms with van der Waals surface area (Å²) >= 11 is 0. The zero-order valence-electron chi connectivity index (χ0n) is 20.4. The Morgan fingerprint density at radius 2 is 1.62 bits per heavy atom. The Kier molecular flexibility index (Phi) is 9.08. The summed E-state index contributed by atoms with van der Waals surface area (Å²) in [6.45, 7) is 2.48. The number of aliphatic hydroxyl groups excluding tert-OH is 4. The van der Waals surface area contributed by atoms with Gasteiger partial charge in [0.25, 0.3) is 11.5 Å². The van der Waals surface area contributed by atoms with Crippen molar-refractivity contribution in [3.8, 4) is 0 Å². The summed E-state index contributed by atoms with van der Waals surface area (Å²) in [6.07, 6.45) is -4.97. The number of nitrogens with zero attached hydrogens (tertiary/aromatic N) is 2. The van der Waals surface area contributed by atoms with Gasteiger partial charge in [-0.05, 0) is 48.2 Å². The molecule has 2 amide bonds. The number of carbonyl (C=O) groups excluding carboxylic acids is 2. The smallest absolute Gasteiger partial charge is 0.282 e. The molecule has 3 rings (SSSR count). The third-order valence-corrected chi connectivity index (χ3v) is 6.09. The molecule has 0 aliphatic carbocycles. The van der Waals surface area contributed by atoms with Crippen molar-refractivity contribution < 1.29 is 35.2 Å². The molecule has 1 heterocycles. The number of hydrogen-bond donors (Lipinski definition) is 7. The second-order valence-corrected chi connectivity index (χ2v) is 8.82. The Morgan fingerprint density at radius 1 is 1.00 bits per heavy atom. The fourth-order valence-electron chi connectivity index (χ4n) is 3.75. The van der Waals surface area contributed by atoms with Gasteiger partial charge in [-0.25, -0.2) is 10.5 Å². The Labute approximate surface area is 211 Å². The van der Waals surface area contributed by atoms with Crippen molar-refractivity contribution in [2.24, 2.45) is 0 Å². The highest BCUT2D eigenvalue weighted by Gasteiger charge is 2.27. The number of benzene rings is 2. The van der Waals surface area contributed by atoms with E-state index in [4.69, 9.17) is 10.3 Å². The number of nitrogens with one attached hydrogen (secondary N) is 2. The van der Waals surface area contributed by atoms with E-state index in [2.05, 4.69) is 10.3 Å². The minimum Gasteiger partial charge on any atom is -0.394 e. The summed E-state index contributed by atoms with van der Waals surface area (Å²) in [5.41, 5.74) is 4.02. The molecular weight excluding hydrogens is 484 g/mol. The summed E-state index contributed by atoms with van der Waals surface area (Å²) in [4.78, 5) is 41.8. The highest BCUT2D eigenvalue weighted by atomic mass is 16.5. The Hall–Kier alpha value is -3.68. The lowest BCUT2D eigenvalue weighted by Gasteiger charge is -2.23. The Morgan fingerprint density at radius 3 is 2.24 bits per heavy atom. The van der Waals surface area contributed by atoms with E-state index in [0.717, 1.165) is 15.7 Å². The molecule has 0 aliphatic heterocycles. The van der Waals surface area contributed by atoms with Crippen LogP contribution in [-0.2, 0) is 24.3 Å². The van der Waals surface area contributed by atoms with Crippen molar-refractivity contribution in [3.63, 3.8) is 0 Å². The quantitative estimate of drug-likeness (QED) is 0.132.